The molecule has 0 aliphatic carbocycles. The van der Waals surface area contributed by atoms with E-state index >= 15 is 0 Å². The fourth-order valence-corrected chi connectivity index (χ4v) is 5.29. The van der Waals surface area contributed by atoms with Gasteiger partial charge < -0.3 is 14.5 Å². The van der Waals surface area contributed by atoms with Crippen molar-refractivity contribution in [2.24, 2.45) is 5.92 Å². The number of nitrogens with zero attached hydrogens (tertiary/aromatic N) is 4. The molecule has 0 atom stereocenters. The van der Waals surface area contributed by atoms with Crippen molar-refractivity contribution in [2.75, 3.05) is 20.1 Å². The molecule has 1 fully saturated rings. The second-order valence-corrected chi connectivity index (χ2v) is 10.1. The van der Waals surface area contributed by atoms with E-state index in [-0.39, 0.29) is 0 Å². The van der Waals surface area contributed by atoms with Gasteiger partial charge in [0.2, 0.25) is 0 Å². The third kappa shape index (κ3) is 4.91. The number of aromatic amines is 1. The van der Waals surface area contributed by atoms with E-state index in [1.807, 2.05) is 20.2 Å². The van der Waals surface area contributed by atoms with E-state index in [1.54, 1.807) is 0 Å². The lowest BCUT2D eigenvalue weighted by atomic mass is 9.92. The first-order valence-electron chi connectivity index (χ1n) is 12.6. The fourth-order valence-electron chi connectivity index (χ4n) is 5.29. The van der Waals surface area contributed by atoms with E-state index in [0.29, 0.717) is 17.1 Å². The molecule has 3 heterocycles. The highest BCUT2D eigenvalue weighted by Gasteiger charge is 2.30. The van der Waals surface area contributed by atoms with Gasteiger partial charge in [0, 0.05) is 23.4 Å². The Morgan fingerprint density at radius 2 is 1.75 bits per heavy atom. The summed E-state index contributed by atoms with van der Waals surface area (Å²) in [6.45, 7) is 7.29. The summed E-state index contributed by atoms with van der Waals surface area (Å²) in [6.07, 6.45) is 2.56. The number of likely N-dealkylation sites (tertiary alicyclic amines) is 1. The Balaban J connectivity index is 1.34. The highest BCUT2D eigenvalue weighted by Crippen LogP contribution is 2.33. The van der Waals surface area contributed by atoms with E-state index in [1.165, 1.54) is 44.5 Å². The standard InChI is InChI=1S/C28H32F3N5/c1-18-23(27-33-19(2)26(34-27)21-6-8-22(9-7-21)28(29,30)31)10-11-24-25(18)32-17-36(24)14-4-5-20-12-15-35(3)16-13-20/h6-11,17,20H,4-5,12-16H2,1-3H3,(H,33,34). The normalized spacial score (nSPS) is 15.7. The number of benzene rings is 2. The number of hydrogen-bond donors (Lipinski definition) is 1. The van der Waals surface area contributed by atoms with Crippen molar-refractivity contribution >= 4 is 11.0 Å². The van der Waals surface area contributed by atoms with Crippen LogP contribution in [0, 0.1) is 19.8 Å². The van der Waals surface area contributed by atoms with Crippen LogP contribution in [0.4, 0.5) is 13.2 Å². The predicted octanol–water partition coefficient (Wildman–Crippen LogP) is 6.85. The van der Waals surface area contributed by atoms with Crippen LogP contribution in [-0.4, -0.2) is 44.6 Å². The molecule has 0 radical (unpaired) electrons. The minimum Gasteiger partial charge on any atom is -0.342 e. The lowest BCUT2D eigenvalue weighted by molar-refractivity contribution is -0.137. The third-order valence-corrected chi connectivity index (χ3v) is 7.52. The topological polar surface area (TPSA) is 49.7 Å². The van der Waals surface area contributed by atoms with Gasteiger partial charge >= 0.3 is 6.18 Å². The second kappa shape index (κ2) is 9.73. The molecule has 5 rings (SSSR count). The first-order valence-corrected chi connectivity index (χ1v) is 12.6. The van der Waals surface area contributed by atoms with Crippen LogP contribution in [0.2, 0.25) is 0 Å². The smallest absolute Gasteiger partial charge is 0.342 e. The quantitative estimate of drug-likeness (QED) is 0.318. The molecular formula is C28H32F3N5. The van der Waals surface area contributed by atoms with Gasteiger partial charge in [-0.25, -0.2) is 9.97 Å². The van der Waals surface area contributed by atoms with Crippen molar-refractivity contribution < 1.29 is 13.2 Å². The summed E-state index contributed by atoms with van der Waals surface area (Å²) >= 11 is 0. The minimum absolute atomic E-state index is 0.649. The Morgan fingerprint density at radius 1 is 1.03 bits per heavy atom. The van der Waals surface area contributed by atoms with Gasteiger partial charge in [-0.05, 0) is 95.4 Å². The van der Waals surface area contributed by atoms with Gasteiger partial charge in [0.05, 0.1) is 28.6 Å². The lowest BCUT2D eigenvalue weighted by Crippen LogP contribution is -2.30. The Kier molecular flexibility index (Phi) is 6.64. The number of alkyl halides is 3. The third-order valence-electron chi connectivity index (χ3n) is 7.52. The van der Waals surface area contributed by atoms with Crippen molar-refractivity contribution in [1.82, 2.24) is 24.4 Å². The van der Waals surface area contributed by atoms with Gasteiger partial charge in [-0.3, -0.25) is 0 Å². The number of halogens is 3. The van der Waals surface area contributed by atoms with E-state index in [9.17, 15) is 13.2 Å². The summed E-state index contributed by atoms with van der Waals surface area (Å²) in [4.78, 5) is 15.2. The minimum atomic E-state index is -4.35. The van der Waals surface area contributed by atoms with Crippen LogP contribution >= 0.6 is 0 Å². The molecule has 0 saturated carbocycles. The number of piperidine rings is 1. The molecule has 4 aromatic rings. The molecule has 8 heteroatoms. The zero-order chi connectivity index (χ0) is 25.4. The number of fused-ring (bicyclic) bond motifs is 1. The molecule has 190 valence electrons. The van der Waals surface area contributed by atoms with Crippen LogP contribution < -0.4 is 0 Å². The van der Waals surface area contributed by atoms with Gasteiger partial charge in [0.1, 0.15) is 5.82 Å². The molecule has 0 unspecified atom stereocenters. The van der Waals surface area contributed by atoms with E-state index in [4.69, 9.17) is 9.97 Å². The van der Waals surface area contributed by atoms with Crippen LogP contribution in [0.5, 0.6) is 0 Å². The maximum atomic E-state index is 12.9. The Labute approximate surface area is 209 Å². The molecule has 1 N–H and O–H groups in total. The molecule has 1 aliphatic rings. The zero-order valence-electron chi connectivity index (χ0n) is 21.0. The average Bonchev–Trinajstić information content (AvgIpc) is 3.44. The Hall–Kier alpha value is -3.13. The monoisotopic (exact) mass is 495 g/mol. The van der Waals surface area contributed by atoms with Crippen molar-refractivity contribution in [3.63, 3.8) is 0 Å². The molecule has 0 bridgehead atoms. The molecule has 36 heavy (non-hydrogen) atoms. The van der Waals surface area contributed by atoms with Gasteiger partial charge in [-0.2, -0.15) is 13.2 Å². The molecule has 2 aromatic carbocycles. The number of aryl methyl sites for hydroxylation is 3. The maximum Gasteiger partial charge on any atom is 0.416 e. The van der Waals surface area contributed by atoms with Crippen LogP contribution in [0.15, 0.2) is 42.7 Å². The molecular weight excluding hydrogens is 463 g/mol. The summed E-state index contributed by atoms with van der Waals surface area (Å²) < 4.78 is 41.0. The van der Waals surface area contributed by atoms with Crippen LogP contribution in [-0.2, 0) is 12.7 Å². The van der Waals surface area contributed by atoms with Crippen molar-refractivity contribution in [2.45, 2.75) is 52.3 Å². The molecule has 0 spiro atoms. The number of H-pyrrole nitrogens is 1. The lowest BCUT2D eigenvalue weighted by Gasteiger charge is -2.28. The van der Waals surface area contributed by atoms with Gasteiger partial charge in [-0.15, -0.1) is 0 Å². The number of aromatic nitrogens is 4. The summed E-state index contributed by atoms with van der Waals surface area (Å²) in [6, 6.07) is 9.29. The molecule has 5 nitrogen and oxygen atoms in total. The molecule has 1 saturated heterocycles. The van der Waals surface area contributed by atoms with Crippen LogP contribution in [0.25, 0.3) is 33.7 Å². The predicted molar refractivity (Wildman–Crippen MR) is 137 cm³/mol. The first-order chi connectivity index (χ1) is 17.2. The van der Waals surface area contributed by atoms with E-state index in [2.05, 4.69) is 33.6 Å². The highest BCUT2D eigenvalue weighted by molar-refractivity contribution is 5.86. The summed E-state index contributed by atoms with van der Waals surface area (Å²) in [5, 5.41) is 0. The van der Waals surface area contributed by atoms with Crippen molar-refractivity contribution in [1.29, 1.82) is 0 Å². The number of hydrogen-bond acceptors (Lipinski definition) is 3. The molecule has 2 aromatic heterocycles. The Bertz CT molecular complexity index is 1340. The summed E-state index contributed by atoms with van der Waals surface area (Å²) in [5.74, 6) is 1.52. The number of rotatable bonds is 6. The van der Waals surface area contributed by atoms with E-state index < -0.39 is 11.7 Å². The average molecular weight is 496 g/mol. The number of imidazole rings is 2. The van der Waals surface area contributed by atoms with Gasteiger partial charge in [0.25, 0.3) is 0 Å². The van der Waals surface area contributed by atoms with E-state index in [0.717, 1.165) is 58.9 Å². The number of nitrogens with one attached hydrogen (secondary N) is 1. The largest absolute Gasteiger partial charge is 0.416 e. The first kappa shape index (κ1) is 24.6. The van der Waals surface area contributed by atoms with Crippen LogP contribution in [0.1, 0.15) is 42.5 Å². The van der Waals surface area contributed by atoms with Crippen molar-refractivity contribution in [3.8, 4) is 22.6 Å². The zero-order valence-corrected chi connectivity index (χ0v) is 21.0. The maximum absolute atomic E-state index is 12.9. The fraction of sp³-hybridized carbons (Fsp3) is 0.429. The van der Waals surface area contributed by atoms with Gasteiger partial charge in [0.15, 0.2) is 0 Å². The molecule has 1 aliphatic heterocycles. The van der Waals surface area contributed by atoms with Crippen molar-refractivity contribution in [3.05, 3.63) is 59.5 Å². The highest BCUT2D eigenvalue weighted by atomic mass is 19.4. The molecule has 0 amide bonds. The second-order valence-electron chi connectivity index (χ2n) is 10.1. The van der Waals surface area contributed by atoms with Gasteiger partial charge in [-0.1, -0.05) is 12.1 Å². The summed E-state index contributed by atoms with van der Waals surface area (Å²) in [7, 11) is 2.20. The van der Waals surface area contributed by atoms with Crippen LogP contribution in [0.3, 0.4) is 0 Å². The summed E-state index contributed by atoms with van der Waals surface area (Å²) in [5.41, 5.74) is 5.50. The Morgan fingerprint density at radius 3 is 2.44 bits per heavy atom. The SMILES string of the molecule is Cc1[nH]c(-c2ccc3c(ncn3CCCC3CCN(C)CC3)c2C)nc1-c1ccc(C(F)(F)F)cc1.